The predicted octanol–water partition coefficient (Wildman–Crippen LogP) is 10.8. The van der Waals surface area contributed by atoms with Gasteiger partial charge in [0.05, 0.1) is 5.69 Å². The van der Waals surface area contributed by atoms with Crippen molar-refractivity contribution in [2.45, 2.75) is 39.5 Å². The van der Waals surface area contributed by atoms with Crippen molar-refractivity contribution in [3.05, 3.63) is 145 Å². The van der Waals surface area contributed by atoms with Crippen molar-refractivity contribution >= 4 is 72.5 Å². The monoisotopic (exact) mass is 613 g/mol. The fraction of sp³-hybridized carbons (Fsp3) is 0.130. The smallest absolute Gasteiger partial charge is 0.248 e. The molecule has 0 aromatic heterocycles. The number of hydrogen-bond donors (Lipinski definition) is 0. The number of rotatable bonds is 4. The van der Waals surface area contributed by atoms with Gasteiger partial charge in [-0.2, -0.15) is 0 Å². The zero-order valence-electron chi connectivity index (χ0n) is 27.9. The SMILES string of the molecule is CC(C)c1cc(-c2ccccc2)c2ccc3c(C(C)C)cc(N4c5ccccc5B5c6ccccc6-c6cccc4c65)c4ccc1c2c34. The van der Waals surface area contributed by atoms with E-state index in [0.717, 1.165) is 0 Å². The van der Waals surface area contributed by atoms with Crippen LogP contribution in [0, 0.1) is 0 Å². The van der Waals surface area contributed by atoms with Crippen molar-refractivity contribution in [1.82, 2.24) is 0 Å². The Bertz CT molecular complexity index is 2580. The van der Waals surface area contributed by atoms with Gasteiger partial charge in [0, 0.05) is 16.8 Å². The molecule has 0 N–H and O–H groups in total. The quantitative estimate of drug-likeness (QED) is 0.141. The molecule has 48 heavy (non-hydrogen) atoms. The molecule has 0 bridgehead atoms. The second-order valence-electron chi connectivity index (χ2n) is 14.4. The van der Waals surface area contributed by atoms with Crippen molar-refractivity contribution in [2.75, 3.05) is 4.90 Å². The lowest BCUT2D eigenvalue weighted by Crippen LogP contribution is -2.54. The highest BCUT2D eigenvalue weighted by atomic mass is 15.2. The molecule has 0 amide bonds. The van der Waals surface area contributed by atoms with Crippen LogP contribution in [0.15, 0.2) is 133 Å². The van der Waals surface area contributed by atoms with E-state index < -0.39 is 0 Å². The molecule has 1 nitrogen and oxygen atoms in total. The first-order valence-corrected chi connectivity index (χ1v) is 17.5. The van der Waals surface area contributed by atoms with Crippen molar-refractivity contribution in [2.24, 2.45) is 0 Å². The predicted molar refractivity (Wildman–Crippen MR) is 209 cm³/mol. The zero-order valence-corrected chi connectivity index (χ0v) is 27.9. The van der Waals surface area contributed by atoms with E-state index in [2.05, 4.69) is 166 Å². The second kappa shape index (κ2) is 10.1. The van der Waals surface area contributed by atoms with E-state index in [4.69, 9.17) is 0 Å². The number of hydrogen-bond acceptors (Lipinski definition) is 1. The minimum atomic E-state index is 0.242. The molecule has 0 saturated heterocycles. The molecule has 0 aliphatic carbocycles. The van der Waals surface area contributed by atoms with Crippen LogP contribution in [0.5, 0.6) is 0 Å². The lowest BCUT2D eigenvalue weighted by Gasteiger charge is -2.37. The Hall–Kier alpha value is -5.34. The average molecular weight is 614 g/mol. The molecule has 2 aliphatic heterocycles. The average Bonchev–Trinajstić information content (AvgIpc) is 3.46. The van der Waals surface area contributed by atoms with E-state index in [9.17, 15) is 0 Å². The van der Waals surface area contributed by atoms with Gasteiger partial charge in [-0.1, -0.05) is 142 Å². The van der Waals surface area contributed by atoms with Crippen molar-refractivity contribution < 1.29 is 0 Å². The Balaban J connectivity index is 1.35. The molecule has 2 aliphatic rings. The van der Waals surface area contributed by atoms with E-state index in [1.165, 1.54) is 99.1 Å². The Kier molecular flexibility index (Phi) is 5.83. The standard InChI is InChI=1S/C46H36BN/c1-27(2)36-25-38(29-13-6-5-7-14-29)33-22-21-32-37(28(3)4)26-43(35-24-23-31(36)44(33)45(32)35)48-41-19-11-10-18-40(41)47-39-17-9-8-15-30(39)34-16-12-20-42(48)46(34)47/h5-28H,1-4H3. The summed E-state index contributed by atoms with van der Waals surface area (Å²) >= 11 is 0. The topological polar surface area (TPSA) is 3.24 Å². The highest BCUT2D eigenvalue weighted by molar-refractivity contribution is 7.01. The molecule has 2 heteroatoms. The molecule has 2 heterocycles. The molecule has 0 spiro atoms. The number of fused-ring (bicyclic) bond motifs is 5. The van der Waals surface area contributed by atoms with E-state index in [-0.39, 0.29) is 6.71 Å². The lowest BCUT2D eigenvalue weighted by atomic mass is 9.37. The fourth-order valence-electron chi connectivity index (χ4n) is 9.11. The van der Waals surface area contributed by atoms with Gasteiger partial charge in [-0.3, -0.25) is 0 Å². The van der Waals surface area contributed by atoms with Crippen LogP contribution in [-0.2, 0) is 0 Å². The van der Waals surface area contributed by atoms with Crippen LogP contribution in [0.4, 0.5) is 17.1 Å². The largest absolute Gasteiger partial charge is 0.311 e. The number of nitrogens with zero attached hydrogens (tertiary/aromatic N) is 1. The van der Waals surface area contributed by atoms with Gasteiger partial charge in [0.25, 0.3) is 0 Å². The van der Waals surface area contributed by atoms with Crippen LogP contribution < -0.4 is 21.3 Å². The third kappa shape index (κ3) is 3.64. The van der Waals surface area contributed by atoms with E-state index in [1.807, 2.05) is 0 Å². The summed E-state index contributed by atoms with van der Waals surface area (Å²) in [5.41, 5.74) is 16.2. The summed E-state index contributed by atoms with van der Waals surface area (Å²) in [4.78, 5) is 2.59. The van der Waals surface area contributed by atoms with E-state index in [1.54, 1.807) is 0 Å². The summed E-state index contributed by atoms with van der Waals surface area (Å²) in [5, 5.41) is 8.18. The number of benzene rings is 8. The van der Waals surface area contributed by atoms with Gasteiger partial charge in [0.1, 0.15) is 0 Å². The molecule has 0 unspecified atom stereocenters. The maximum absolute atomic E-state index is 2.59. The third-order valence-electron chi connectivity index (χ3n) is 11.2. The molecular formula is C46H36BN. The van der Waals surface area contributed by atoms with Crippen LogP contribution in [0.25, 0.3) is 54.6 Å². The Morgan fingerprint density at radius 1 is 0.438 bits per heavy atom. The molecule has 8 aromatic rings. The van der Waals surface area contributed by atoms with Crippen LogP contribution in [0.3, 0.4) is 0 Å². The summed E-state index contributed by atoms with van der Waals surface area (Å²) in [6, 6.07) is 50.6. The highest BCUT2D eigenvalue weighted by Crippen LogP contribution is 2.50. The summed E-state index contributed by atoms with van der Waals surface area (Å²) in [6.07, 6.45) is 0. The minimum Gasteiger partial charge on any atom is -0.311 e. The number of anilines is 3. The molecule has 0 saturated carbocycles. The van der Waals surface area contributed by atoms with E-state index >= 15 is 0 Å². The summed E-state index contributed by atoms with van der Waals surface area (Å²) in [7, 11) is 0. The zero-order chi connectivity index (χ0) is 32.3. The van der Waals surface area contributed by atoms with Gasteiger partial charge in [-0.05, 0) is 107 Å². The molecule has 0 atom stereocenters. The third-order valence-corrected chi connectivity index (χ3v) is 11.2. The molecular weight excluding hydrogens is 577 g/mol. The van der Waals surface area contributed by atoms with Crippen LogP contribution >= 0.6 is 0 Å². The summed E-state index contributed by atoms with van der Waals surface area (Å²) in [6.45, 7) is 9.61. The number of para-hydroxylation sites is 1. The minimum absolute atomic E-state index is 0.242. The first-order valence-electron chi connectivity index (χ1n) is 17.5. The van der Waals surface area contributed by atoms with Gasteiger partial charge < -0.3 is 4.90 Å². The highest BCUT2D eigenvalue weighted by Gasteiger charge is 2.42. The maximum Gasteiger partial charge on any atom is 0.248 e. The van der Waals surface area contributed by atoms with Gasteiger partial charge in [0.15, 0.2) is 0 Å². The Labute approximate surface area is 282 Å². The van der Waals surface area contributed by atoms with E-state index in [0.29, 0.717) is 11.8 Å². The molecule has 0 radical (unpaired) electrons. The molecule has 228 valence electrons. The summed E-state index contributed by atoms with van der Waals surface area (Å²) in [5.74, 6) is 0.769. The normalized spacial score (nSPS) is 13.3. The van der Waals surface area contributed by atoms with Gasteiger partial charge in [-0.15, -0.1) is 0 Å². The first-order chi connectivity index (χ1) is 23.5. The van der Waals surface area contributed by atoms with Crippen LogP contribution in [-0.4, -0.2) is 6.71 Å². The summed E-state index contributed by atoms with van der Waals surface area (Å²) < 4.78 is 0. The Morgan fingerprint density at radius 3 is 1.79 bits per heavy atom. The first kappa shape index (κ1) is 27.7. The lowest BCUT2D eigenvalue weighted by molar-refractivity contribution is 0.876. The fourth-order valence-corrected chi connectivity index (χ4v) is 9.11. The van der Waals surface area contributed by atoms with Crippen molar-refractivity contribution in [3.63, 3.8) is 0 Å². The Morgan fingerprint density at radius 2 is 1.02 bits per heavy atom. The molecule has 8 aromatic carbocycles. The van der Waals surface area contributed by atoms with Crippen molar-refractivity contribution in [3.8, 4) is 22.3 Å². The van der Waals surface area contributed by atoms with Gasteiger partial charge in [-0.25, -0.2) is 0 Å². The molecule has 0 fully saturated rings. The van der Waals surface area contributed by atoms with Gasteiger partial charge in [0.2, 0.25) is 6.71 Å². The maximum atomic E-state index is 2.59. The van der Waals surface area contributed by atoms with Crippen molar-refractivity contribution in [1.29, 1.82) is 0 Å². The van der Waals surface area contributed by atoms with Gasteiger partial charge >= 0.3 is 0 Å². The van der Waals surface area contributed by atoms with Crippen LogP contribution in [0.2, 0.25) is 0 Å². The van der Waals surface area contributed by atoms with Crippen LogP contribution in [0.1, 0.15) is 50.7 Å². The molecule has 10 rings (SSSR count). The second-order valence-corrected chi connectivity index (χ2v) is 14.4.